The lowest BCUT2D eigenvalue weighted by atomic mass is 10.1. The first-order chi connectivity index (χ1) is 9.82. The molecule has 3 rings (SSSR count). The molecule has 0 spiro atoms. The van der Waals surface area contributed by atoms with Crippen molar-refractivity contribution >= 4 is 37.3 Å². The second kappa shape index (κ2) is 5.19. The van der Waals surface area contributed by atoms with Gasteiger partial charge in [0.15, 0.2) is 0 Å². The van der Waals surface area contributed by atoms with Gasteiger partial charge in [0, 0.05) is 14.2 Å². The molecule has 1 heterocycles. The first kappa shape index (κ1) is 15.2. The molecule has 0 unspecified atom stereocenters. The SMILES string of the molecule is Cc1cc(S(=O)(=O)NC2(c3ccc(Br)cc3)CC2)c(C)s1. The van der Waals surface area contributed by atoms with E-state index < -0.39 is 15.6 Å². The highest BCUT2D eigenvalue weighted by Crippen LogP contribution is 2.47. The second-order valence-electron chi connectivity index (χ2n) is 5.47. The Morgan fingerprint density at radius 2 is 1.81 bits per heavy atom. The summed E-state index contributed by atoms with van der Waals surface area (Å²) in [6.45, 7) is 3.78. The van der Waals surface area contributed by atoms with Gasteiger partial charge >= 0.3 is 0 Å². The number of nitrogens with one attached hydrogen (secondary N) is 1. The van der Waals surface area contributed by atoms with E-state index in [1.165, 1.54) is 11.3 Å². The van der Waals surface area contributed by atoms with E-state index in [0.717, 1.165) is 32.6 Å². The van der Waals surface area contributed by atoms with Crippen molar-refractivity contribution in [2.45, 2.75) is 37.1 Å². The van der Waals surface area contributed by atoms with Crippen molar-refractivity contribution in [2.24, 2.45) is 0 Å². The van der Waals surface area contributed by atoms with Crippen LogP contribution in [0, 0.1) is 13.8 Å². The Balaban J connectivity index is 1.92. The number of benzene rings is 1. The van der Waals surface area contributed by atoms with E-state index in [-0.39, 0.29) is 0 Å². The van der Waals surface area contributed by atoms with Crippen molar-refractivity contribution in [3.05, 3.63) is 50.1 Å². The fourth-order valence-electron chi connectivity index (χ4n) is 2.53. The van der Waals surface area contributed by atoms with Gasteiger partial charge in [-0.2, -0.15) is 0 Å². The minimum Gasteiger partial charge on any atom is -0.207 e. The van der Waals surface area contributed by atoms with Crippen molar-refractivity contribution in [3.63, 3.8) is 0 Å². The second-order valence-corrected chi connectivity index (χ2v) is 9.50. The van der Waals surface area contributed by atoms with Gasteiger partial charge in [0.05, 0.1) is 10.4 Å². The van der Waals surface area contributed by atoms with Gasteiger partial charge in [0.25, 0.3) is 0 Å². The standard InChI is InChI=1S/C15H16BrNO2S2/c1-10-9-14(11(2)20-10)21(18,19)17-15(7-8-15)12-3-5-13(16)6-4-12/h3-6,9,17H,7-8H2,1-2H3. The zero-order chi connectivity index (χ0) is 15.3. The maximum atomic E-state index is 12.6. The van der Waals surface area contributed by atoms with Crippen LogP contribution in [-0.2, 0) is 15.6 Å². The fourth-order valence-corrected chi connectivity index (χ4v) is 5.80. The number of rotatable bonds is 4. The number of thiophene rings is 1. The lowest BCUT2D eigenvalue weighted by Gasteiger charge is -2.18. The zero-order valence-corrected chi connectivity index (χ0v) is 15.0. The molecule has 1 aromatic carbocycles. The van der Waals surface area contributed by atoms with Crippen LogP contribution in [0.25, 0.3) is 0 Å². The highest BCUT2D eigenvalue weighted by molar-refractivity contribution is 9.10. The molecule has 0 amide bonds. The highest BCUT2D eigenvalue weighted by atomic mass is 79.9. The van der Waals surface area contributed by atoms with Gasteiger partial charge in [-0.1, -0.05) is 28.1 Å². The number of hydrogen-bond donors (Lipinski definition) is 1. The summed E-state index contributed by atoms with van der Waals surface area (Å²) in [7, 11) is -3.47. The number of halogens is 1. The first-order valence-corrected chi connectivity index (χ1v) is 9.79. The Hall–Kier alpha value is -0.690. The summed E-state index contributed by atoms with van der Waals surface area (Å²) in [6.07, 6.45) is 1.69. The van der Waals surface area contributed by atoms with E-state index in [1.807, 2.05) is 38.1 Å². The third-order valence-electron chi connectivity index (χ3n) is 3.76. The lowest BCUT2D eigenvalue weighted by molar-refractivity contribution is 0.551. The van der Waals surface area contributed by atoms with Crippen LogP contribution in [0.5, 0.6) is 0 Å². The van der Waals surface area contributed by atoms with Gasteiger partial charge in [0.1, 0.15) is 0 Å². The molecular formula is C15H16BrNO2S2. The van der Waals surface area contributed by atoms with Crippen molar-refractivity contribution in [1.29, 1.82) is 0 Å². The molecule has 21 heavy (non-hydrogen) atoms. The van der Waals surface area contributed by atoms with Gasteiger partial charge in [-0.25, -0.2) is 13.1 Å². The summed E-state index contributed by atoms with van der Waals surface area (Å²) >= 11 is 4.92. The Morgan fingerprint density at radius 1 is 1.19 bits per heavy atom. The molecule has 1 N–H and O–H groups in total. The molecule has 0 bridgehead atoms. The van der Waals surface area contributed by atoms with Gasteiger partial charge in [-0.15, -0.1) is 11.3 Å². The number of sulfonamides is 1. The van der Waals surface area contributed by atoms with E-state index in [9.17, 15) is 8.42 Å². The van der Waals surface area contributed by atoms with E-state index in [1.54, 1.807) is 6.07 Å². The third-order valence-corrected chi connectivity index (χ3v) is 7.05. The van der Waals surface area contributed by atoms with Crippen LogP contribution >= 0.6 is 27.3 Å². The number of hydrogen-bond acceptors (Lipinski definition) is 3. The average Bonchev–Trinajstić information content (AvgIpc) is 3.07. The van der Waals surface area contributed by atoms with E-state index in [2.05, 4.69) is 20.7 Å². The smallest absolute Gasteiger partial charge is 0.207 e. The van der Waals surface area contributed by atoms with Gasteiger partial charge in [-0.3, -0.25) is 0 Å². The Bertz CT molecular complexity index is 775. The minimum atomic E-state index is -3.47. The molecule has 1 saturated carbocycles. The van der Waals surface area contributed by atoms with Crippen LogP contribution in [0.4, 0.5) is 0 Å². The van der Waals surface area contributed by atoms with Crippen molar-refractivity contribution in [3.8, 4) is 0 Å². The molecule has 1 aliphatic rings. The van der Waals surface area contributed by atoms with E-state index in [0.29, 0.717) is 4.90 Å². The Morgan fingerprint density at radius 3 is 2.29 bits per heavy atom. The van der Waals surface area contributed by atoms with Crippen molar-refractivity contribution in [1.82, 2.24) is 4.72 Å². The monoisotopic (exact) mass is 385 g/mol. The summed E-state index contributed by atoms with van der Waals surface area (Å²) < 4.78 is 29.2. The molecule has 0 aliphatic heterocycles. The lowest BCUT2D eigenvalue weighted by Crippen LogP contribution is -2.34. The topological polar surface area (TPSA) is 46.2 Å². The average molecular weight is 386 g/mol. The predicted octanol–water partition coefficient (Wildman–Crippen LogP) is 4.10. The van der Waals surface area contributed by atoms with E-state index >= 15 is 0 Å². The molecule has 1 aliphatic carbocycles. The maximum absolute atomic E-state index is 12.6. The molecule has 2 aromatic rings. The summed E-state index contributed by atoms with van der Waals surface area (Å²) in [5.74, 6) is 0. The van der Waals surface area contributed by atoms with Crippen LogP contribution in [0.1, 0.15) is 28.2 Å². The molecule has 1 aromatic heterocycles. The molecule has 6 heteroatoms. The van der Waals surface area contributed by atoms with Crippen LogP contribution in [0.3, 0.4) is 0 Å². The quantitative estimate of drug-likeness (QED) is 0.860. The first-order valence-electron chi connectivity index (χ1n) is 6.69. The molecule has 3 nitrogen and oxygen atoms in total. The third kappa shape index (κ3) is 2.95. The van der Waals surface area contributed by atoms with Gasteiger partial charge < -0.3 is 0 Å². The Kier molecular flexibility index (Phi) is 3.76. The summed E-state index contributed by atoms with van der Waals surface area (Å²) in [5, 5.41) is 0. The van der Waals surface area contributed by atoms with Crippen molar-refractivity contribution < 1.29 is 8.42 Å². The normalized spacial score (nSPS) is 16.9. The van der Waals surface area contributed by atoms with Gasteiger partial charge in [0.2, 0.25) is 10.0 Å². The molecule has 1 fully saturated rings. The predicted molar refractivity (Wildman–Crippen MR) is 89.2 cm³/mol. The molecular weight excluding hydrogens is 370 g/mol. The van der Waals surface area contributed by atoms with Crippen molar-refractivity contribution in [2.75, 3.05) is 0 Å². The number of aryl methyl sites for hydroxylation is 2. The van der Waals surface area contributed by atoms with Crippen LogP contribution in [0.2, 0.25) is 0 Å². The summed E-state index contributed by atoms with van der Waals surface area (Å²) in [5.41, 5.74) is 0.598. The molecule has 112 valence electrons. The van der Waals surface area contributed by atoms with Crippen LogP contribution in [-0.4, -0.2) is 8.42 Å². The molecule has 0 saturated heterocycles. The molecule has 0 atom stereocenters. The summed E-state index contributed by atoms with van der Waals surface area (Å²) in [6, 6.07) is 9.60. The summed E-state index contributed by atoms with van der Waals surface area (Å²) in [4.78, 5) is 2.27. The highest BCUT2D eigenvalue weighted by Gasteiger charge is 2.47. The van der Waals surface area contributed by atoms with Crippen LogP contribution in [0.15, 0.2) is 39.7 Å². The van der Waals surface area contributed by atoms with Gasteiger partial charge in [-0.05, 0) is 50.5 Å². The fraction of sp³-hybridized carbons (Fsp3) is 0.333. The Labute approximate surface area is 137 Å². The largest absolute Gasteiger partial charge is 0.242 e. The van der Waals surface area contributed by atoms with E-state index in [4.69, 9.17) is 0 Å². The maximum Gasteiger partial charge on any atom is 0.242 e. The molecule has 0 radical (unpaired) electrons. The minimum absolute atomic E-state index is 0.411. The van der Waals surface area contributed by atoms with Crippen LogP contribution < -0.4 is 4.72 Å². The zero-order valence-electron chi connectivity index (χ0n) is 11.8.